The summed E-state index contributed by atoms with van der Waals surface area (Å²) in [6.45, 7) is 2.29. The number of pyridine rings is 1. The molecule has 0 spiro atoms. The van der Waals surface area contributed by atoms with E-state index in [0.717, 1.165) is 24.2 Å². The van der Waals surface area contributed by atoms with E-state index in [1.54, 1.807) is 17.1 Å². The number of carbonyl (C=O) groups is 1. The molecule has 150 valence electrons. The number of carbonyl (C=O) groups excluding carboxylic acids is 1. The van der Waals surface area contributed by atoms with Gasteiger partial charge in [0.1, 0.15) is 0 Å². The van der Waals surface area contributed by atoms with E-state index in [2.05, 4.69) is 25.5 Å². The molecule has 1 aromatic carbocycles. The molecule has 8 nitrogen and oxygen atoms in total. The Kier molecular flexibility index (Phi) is 4.59. The van der Waals surface area contributed by atoms with Gasteiger partial charge in [-0.05, 0) is 37.5 Å². The van der Waals surface area contributed by atoms with Gasteiger partial charge in [0.05, 0.1) is 23.0 Å². The van der Waals surface area contributed by atoms with Crippen molar-refractivity contribution >= 4 is 5.91 Å². The Labute approximate surface area is 173 Å². The highest BCUT2D eigenvalue weighted by molar-refractivity contribution is 5.95. The summed E-state index contributed by atoms with van der Waals surface area (Å²) in [6.07, 6.45) is 5.42. The first-order valence-corrected chi connectivity index (χ1v) is 9.87. The number of hydrogen-bond acceptors (Lipinski definition) is 6. The first-order chi connectivity index (χ1) is 14.7. The van der Waals surface area contributed by atoms with E-state index in [1.165, 1.54) is 0 Å². The molecule has 0 atom stereocenters. The summed E-state index contributed by atoms with van der Waals surface area (Å²) >= 11 is 0. The standard InChI is InChI=1S/C22H20N6O2/c1-14-18(21(29)24-12-15-6-3-2-4-7-15)13-25-28(14)20-17(8-5-11-23-20)22-26-19(27-30-22)16-9-10-16/h2-8,11,13,16H,9-10,12H2,1H3,(H,24,29). The van der Waals surface area contributed by atoms with Gasteiger partial charge < -0.3 is 9.84 Å². The topological polar surface area (TPSA) is 98.7 Å². The molecular formula is C22H20N6O2. The van der Waals surface area contributed by atoms with Gasteiger partial charge in [-0.25, -0.2) is 9.67 Å². The van der Waals surface area contributed by atoms with Crippen LogP contribution in [0.2, 0.25) is 0 Å². The lowest BCUT2D eigenvalue weighted by Gasteiger charge is -2.08. The summed E-state index contributed by atoms with van der Waals surface area (Å²) in [5.41, 5.74) is 2.89. The first-order valence-electron chi connectivity index (χ1n) is 9.87. The second-order valence-electron chi connectivity index (χ2n) is 7.33. The Hall–Kier alpha value is -3.81. The molecule has 0 bridgehead atoms. The van der Waals surface area contributed by atoms with E-state index in [-0.39, 0.29) is 5.91 Å². The maximum absolute atomic E-state index is 12.7. The van der Waals surface area contributed by atoms with Crippen LogP contribution in [0.5, 0.6) is 0 Å². The molecule has 3 heterocycles. The van der Waals surface area contributed by atoms with Crippen molar-refractivity contribution in [3.8, 4) is 17.3 Å². The molecule has 8 heteroatoms. The average Bonchev–Trinajstić information content (AvgIpc) is 3.39. The molecule has 1 amide bonds. The molecule has 1 aliphatic carbocycles. The van der Waals surface area contributed by atoms with Crippen LogP contribution < -0.4 is 5.32 Å². The number of nitrogens with zero attached hydrogens (tertiary/aromatic N) is 5. The van der Waals surface area contributed by atoms with Gasteiger partial charge in [0.25, 0.3) is 11.8 Å². The van der Waals surface area contributed by atoms with E-state index in [4.69, 9.17) is 4.52 Å². The van der Waals surface area contributed by atoms with Gasteiger partial charge >= 0.3 is 0 Å². The highest BCUT2D eigenvalue weighted by atomic mass is 16.5. The molecule has 0 aliphatic heterocycles. The van der Waals surface area contributed by atoms with Gasteiger partial charge in [0.2, 0.25) is 0 Å². The summed E-state index contributed by atoms with van der Waals surface area (Å²) < 4.78 is 7.11. The van der Waals surface area contributed by atoms with Crippen LogP contribution in [-0.2, 0) is 6.54 Å². The Morgan fingerprint density at radius 2 is 2.03 bits per heavy atom. The minimum Gasteiger partial charge on any atom is -0.348 e. The summed E-state index contributed by atoms with van der Waals surface area (Å²) in [5, 5.41) is 11.4. The van der Waals surface area contributed by atoms with Crippen LogP contribution in [0.3, 0.4) is 0 Å². The van der Waals surface area contributed by atoms with E-state index in [0.29, 0.717) is 41.0 Å². The van der Waals surface area contributed by atoms with Crippen molar-refractivity contribution in [3.05, 3.63) is 77.5 Å². The lowest BCUT2D eigenvalue weighted by molar-refractivity contribution is 0.0950. The summed E-state index contributed by atoms with van der Waals surface area (Å²) in [7, 11) is 0. The third-order valence-corrected chi connectivity index (χ3v) is 5.15. The Balaban J connectivity index is 1.41. The summed E-state index contributed by atoms with van der Waals surface area (Å²) in [6, 6.07) is 13.4. The monoisotopic (exact) mass is 400 g/mol. The Morgan fingerprint density at radius 1 is 1.20 bits per heavy atom. The van der Waals surface area contributed by atoms with Gasteiger partial charge in [0.15, 0.2) is 11.6 Å². The third kappa shape index (κ3) is 3.47. The average molecular weight is 400 g/mol. The molecule has 1 aliphatic rings. The van der Waals surface area contributed by atoms with Crippen molar-refractivity contribution in [2.45, 2.75) is 32.2 Å². The van der Waals surface area contributed by atoms with E-state index in [1.807, 2.05) is 49.4 Å². The maximum Gasteiger partial charge on any atom is 0.261 e. The minimum atomic E-state index is -0.186. The number of hydrogen-bond donors (Lipinski definition) is 1. The number of aromatic nitrogens is 5. The fourth-order valence-electron chi connectivity index (χ4n) is 3.30. The van der Waals surface area contributed by atoms with Crippen LogP contribution in [-0.4, -0.2) is 30.8 Å². The van der Waals surface area contributed by atoms with Crippen molar-refractivity contribution in [2.24, 2.45) is 0 Å². The van der Waals surface area contributed by atoms with E-state index in [9.17, 15) is 4.79 Å². The third-order valence-electron chi connectivity index (χ3n) is 5.15. The SMILES string of the molecule is Cc1c(C(=O)NCc2ccccc2)cnn1-c1ncccc1-c1nc(C2CC2)no1. The maximum atomic E-state index is 12.7. The zero-order chi connectivity index (χ0) is 20.5. The van der Waals surface area contributed by atoms with Crippen LogP contribution in [0.15, 0.2) is 59.4 Å². The minimum absolute atomic E-state index is 0.186. The molecule has 0 radical (unpaired) electrons. The van der Waals surface area contributed by atoms with Crippen molar-refractivity contribution in [1.82, 2.24) is 30.2 Å². The predicted octanol–water partition coefficient (Wildman–Crippen LogP) is 3.43. The molecule has 3 aromatic heterocycles. The van der Waals surface area contributed by atoms with Crippen molar-refractivity contribution < 1.29 is 9.32 Å². The van der Waals surface area contributed by atoms with Crippen molar-refractivity contribution in [1.29, 1.82) is 0 Å². The van der Waals surface area contributed by atoms with Crippen molar-refractivity contribution in [3.63, 3.8) is 0 Å². The van der Waals surface area contributed by atoms with Crippen molar-refractivity contribution in [2.75, 3.05) is 0 Å². The van der Waals surface area contributed by atoms with Gasteiger partial charge in [-0.15, -0.1) is 0 Å². The number of benzene rings is 1. The lowest BCUT2D eigenvalue weighted by Crippen LogP contribution is -2.23. The summed E-state index contributed by atoms with van der Waals surface area (Å²) in [5.74, 6) is 1.90. The molecule has 4 aromatic rings. The van der Waals surface area contributed by atoms with Crippen LogP contribution in [0.25, 0.3) is 17.3 Å². The molecular weight excluding hydrogens is 380 g/mol. The fraction of sp³-hybridized carbons (Fsp3) is 0.227. The first kappa shape index (κ1) is 18.2. The predicted molar refractivity (Wildman–Crippen MR) is 109 cm³/mol. The van der Waals surface area contributed by atoms with Crippen LogP contribution >= 0.6 is 0 Å². The molecule has 1 saturated carbocycles. The lowest BCUT2D eigenvalue weighted by atomic mass is 10.2. The zero-order valence-corrected chi connectivity index (χ0v) is 16.4. The molecule has 30 heavy (non-hydrogen) atoms. The van der Waals surface area contributed by atoms with Gasteiger partial charge in [0, 0.05) is 18.7 Å². The fourth-order valence-corrected chi connectivity index (χ4v) is 3.30. The van der Waals surface area contributed by atoms with Crippen LogP contribution in [0.4, 0.5) is 0 Å². The molecule has 0 saturated heterocycles. The van der Waals surface area contributed by atoms with Crippen LogP contribution in [0.1, 0.15) is 46.2 Å². The molecule has 5 rings (SSSR count). The zero-order valence-electron chi connectivity index (χ0n) is 16.4. The number of amides is 1. The van der Waals surface area contributed by atoms with Gasteiger partial charge in [-0.2, -0.15) is 10.1 Å². The quantitative estimate of drug-likeness (QED) is 0.532. The molecule has 0 unspecified atom stereocenters. The highest BCUT2D eigenvalue weighted by Gasteiger charge is 2.29. The van der Waals surface area contributed by atoms with Gasteiger partial charge in [-0.1, -0.05) is 35.5 Å². The molecule has 1 fully saturated rings. The Morgan fingerprint density at radius 3 is 2.83 bits per heavy atom. The number of nitrogens with one attached hydrogen (secondary N) is 1. The largest absolute Gasteiger partial charge is 0.348 e. The van der Waals surface area contributed by atoms with Gasteiger partial charge in [-0.3, -0.25) is 4.79 Å². The van der Waals surface area contributed by atoms with E-state index < -0.39 is 0 Å². The second-order valence-corrected chi connectivity index (χ2v) is 7.33. The summed E-state index contributed by atoms with van der Waals surface area (Å²) in [4.78, 5) is 21.7. The van der Waals surface area contributed by atoms with Crippen LogP contribution in [0, 0.1) is 6.92 Å². The number of rotatable bonds is 6. The molecule has 1 N–H and O–H groups in total. The van der Waals surface area contributed by atoms with E-state index >= 15 is 0 Å². The smallest absolute Gasteiger partial charge is 0.261 e. The highest BCUT2D eigenvalue weighted by Crippen LogP contribution is 2.39. The normalized spacial score (nSPS) is 13.4. The Bertz CT molecular complexity index is 1190. The second kappa shape index (κ2) is 7.55.